The van der Waals surface area contributed by atoms with E-state index in [4.69, 9.17) is 0 Å². The Hall–Kier alpha value is -2.62. The van der Waals surface area contributed by atoms with Gasteiger partial charge in [-0.25, -0.2) is 0 Å². The molecule has 2 N–H and O–H groups in total. The number of nitrogens with zero attached hydrogens (tertiary/aromatic N) is 3. The number of phenolic OH excluding ortho intramolecular Hbond substituents is 1. The maximum Gasteiger partial charge on any atom is 0.234 e. The van der Waals surface area contributed by atoms with Crippen LogP contribution < -0.4 is 5.32 Å². The van der Waals surface area contributed by atoms with Gasteiger partial charge in [-0.15, -0.1) is 10.2 Å². The quantitative estimate of drug-likeness (QED) is 0.251. The van der Waals surface area contributed by atoms with Gasteiger partial charge in [0, 0.05) is 20.3 Å². The summed E-state index contributed by atoms with van der Waals surface area (Å²) < 4.78 is 3.63. The molecular weight excluding hydrogens is 568 g/mol. The predicted octanol–water partition coefficient (Wildman–Crippen LogP) is 6.51. The molecule has 0 aliphatic heterocycles. The predicted molar refractivity (Wildman–Crippen MR) is 139 cm³/mol. The summed E-state index contributed by atoms with van der Waals surface area (Å²) >= 11 is 8.21. The van der Waals surface area contributed by atoms with Gasteiger partial charge in [0.25, 0.3) is 0 Å². The van der Waals surface area contributed by atoms with Crippen molar-refractivity contribution < 1.29 is 9.90 Å². The van der Waals surface area contributed by atoms with Crippen LogP contribution in [-0.4, -0.2) is 31.5 Å². The average molecular weight is 588 g/mol. The van der Waals surface area contributed by atoms with E-state index in [1.807, 2.05) is 60.9 Å². The zero-order valence-corrected chi connectivity index (χ0v) is 21.8. The minimum atomic E-state index is -0.136. The summed E-state index contributed by atoms with van der Waals surface area (Å²) in [6.45, 7) is 3.92. The molecule has 4 aromatic rings. The van der Waals surface area contributed by atoms with Gasteiger partial charge in [0.2, 0.25) is 5.91 Å². The highest BCUT2D eigenvalue weighted by Gasteiger charge is 2.20. The van der Waals surface area contributed by atoms with Gasteiger partial charge in [0.15, 0.2) is 11.0 Å². The first-order valence-corrected chi connectivity index (χ1v) is 12.6. The Morgan fingerprint density at radius 3 is 2.39 bits per heavy atom. The third-order valence-electron chi connectivity index (χ3n) is 4.94. The molecule has 0 aliphatic carbocycles. The van der Waals surface area contributed by atoms with Crippen LogP contribution in [0.15, 0.2) is 74.8 Å². The molecule has 6 nitrogen and oxygen atoms in total. The number of phenols is 1. The van der Waals surface area contributed by atoms with E-state index in [9.17, 15) is 9.90 Å². The summed E-state index contributed by atoms with van der Waals surface area (Å²) in [7, 11) is 0. The number of halogens is 2. The molecule has 33 heavy (non-hydrogen) atoms. The maximum atomic E-state index is 12.8. The van der Waals surface area contributed by atoms with Gasteiger partial charge in [-0.1, -0.05) is 61.8 Å². The van der Waals surface area contributed by atoms with E-state index < -0.39 is 0 Å². The molecule has 1 aromatic heterocycles. The fourth-order valence-electron chi connectivity index (χ4n) is 3.45. The third kappa shape index (κ3) is 5.31. The monoisotopic (exact) mass is 586 g/mol. The maximum absolute atomic E-state index is 12.8. The van der Waals surface area contributed by atoms with Crippen molar-refractivity contribution >= 4 is 55.2 Å². The first-order valence-electron chi connectivity index (χ1n) is 10.0. The van der Waals surface area contributed by atoms with Gasteiger partial charge in [-0.3, -0.25) is 9.36 Å². The molecule has 3 aromatic carbocycles. The van der Waals surface area contributed by atoms with Crippen molar-refractivity contribution in [2.45, 2.75) is 19.0 Å². The second kappa shape index (κ2) is 10.1. The first kappa shape index (κ1) is 23.5. The number of anilines is 1. The van der Waals surface area contributed by atoms with Crippen molar-refractivity contribution in [3.8, 4) is 22.8 Å². The number of para-hydroxylation sites is 1. The number of aryl methyl sites for hydroxylation is 2. The Bertz CT molecular complexity index is 1300. The van der Waals surface area contributed by atoms with Crippen molar-refractivity contribution in [1.29, 1.82) is 0 Å². The van der Waals surface area contributed by atoms with Crippen LogP contribution in [0.3, 0.4) is 0 Å². The second-order valence-electron chi connectivity index (χ2n) is 7.39. The molecule has 9 heteroatoms. The fraction of sp³-hybridized carbons (Fsp3) is 0.125. The average Bonchev–Trinajstić information content (AvgIpc) is 3.20. The second-order valence-corrected chi connectivity index (χ2v) is 10.2. The molecule has 168 valence electrons. The molecule has 0 saturated heterocycles. The smallest absolute Gasteiger partial charge is 0.234 e. The summed E-state index contributed by atoms with van der Waals surface area (Å²) in [5, 5.41) is 22.7. The van der Waals surface area contributed by atoms with Crippen LogP contribution in [0.1, 0.15) is 11.1 Å². The zero-order valence-electron chi connectivity index (χ0n) is 17.8. The molecule has 0 spiro atoms. The highest BCUT2D eigenvalue weighted by molar-refractivity contribution is 9.10. The standard InChI is InChI=1S/C24H20Br2N4O2S/c1-14-10-17(26)11-15(2)22(14)27-21(32)13-33-24-29-28-23(19-12-16(25)8-9-20(19)31)30(24)18-6-4-3-5-7-18/h3-12,31H,13H2,1-2H3,(H,27,32). The molecule has 0 radical (unpaired) electrons. The number of aromatic hydroxyl groups is 1. The van der Waals surface area contributed by atoms with Crippen molar-refractivity contribution in [3.05, 3.63) is 80.7 Å². The highest BCUT2D eigenvalue weighted by atomic mass is 79.9. The highest BCUT2D eigenvalue weighted by Crippen LogP contribution is 2.34. The van der Waals surface area contributed by atoms with Crippen molar-refractivity contribution in [2.24, 2.45) is 0 Å². The number of benzene rings is 3. The van der Waals surface area contributed by atoms with E-state index in [1.54, 1.807) is 18.2 Å². The van der Waals surface area contributed by atoms with E-state index in [1.165, 1.54) is 11.8 Å². The number of aromatic nitrogens is 3. The molecule has 4 rings (SSSR count). The van der Waals surface area contributed by atoms with E-state index in [2.05, 4.69) is 47.4 Å². The van der Waals surface area contributed by atoms with Crippen molar-refractivity contribution in [2.75, 3.05) is 11.1 Å². The number of amides is 1. The lowest BCUT2D eigenvalue weighted by Gasteiger charge is -2.13. The fourth-order valence-corrected chi connectivity index (χ4v) is 5.25. The lowest BCUT2D eigenvalue weighted by molar-refractivity contribution is -0.113. The lowest BCUT2D eigenvalue weighted by Crippen LogP contribution is -2.16. The molecule has 0 fully saturated rings. The van der Waals surface area contributed by atoms with Gasteiger partial charge in [-0.05, 0) is 67.4 Å². The molecule has 0 aliphatic rings. The minimum Gasteiger partial charge on any atom is -0.507 e. The van der Waals surface area contributed by atoms with Gasteiger partial charge >= 0.3 is 0 Å². The zero-order chi connectivity index (χ0) is 23.5. The van der Waals surface area contributed by atoms with Gasteiger partial charge < -0.3 is 10.4 Å². The number of nitrogens with one attached hydrogen (secondary N) is 1. The molecule has 0 unspecified atom stereocenters. The minimum absolute atomic E-state index is 0.0956. The van der Waals surface area contributed by atoms with Crippen molar-refractivity contribution in [3.63, 3.8) is 0 Å². The van der Waals surface area contributed by atoms with Crippen LogP contribution in [0.5, 0.6) is 5.75 Å². The summed E-state index contributed by atoms with van der Waals surface area (Å²) in [6, 6.07) is 18.7. The van der Waals surface area contributed by atoms with Crippen LogP contribution in [-0.2, 0) is 4.79 Å². The number of rotatable bonds is 6. The van der Waals surface area contributed by atoms with Gasteiger partial charge in [-0.2, -0.15) is 0 Å². The topological polar surface area (TPSA) is 80.0 Å². The van der Waals surface area contributed by atoms with Crippen LogP contribution >= 0.6 is 43.6 Å². The Labute approximate surface area is 212 Å². The number of carbonyl (C=O) groups excluding carboxylic acids is 1. The van der Waals surface area contributed by atoms with Crippen LogP contribution in [0.25, 0.3) is 17.1 Å². The first-order chi connectivity index (χ1) is 15.8. The number of carbonyl (C=O) groups is 1. The lowest BCUT2D eigenvalue weighted by atomic mass is 10.1. The number of thioether (sulfide) groups is 1. The molecule has 0 bridgehead atoms. The molecule has 0 atom stereocenters. The molecular formula is C24H20Br2N4O2S. The summed E-state index contributed by atoms with van der Waals surface area (Å²) in [4.78, 5) is 12.8. The van der Waals surface area contributed by atoms with E-state index in [0.717, 1.165) is 31.4 Å². The molecule has 1 heterocycles. The summed E-state index contributed by atoms with van der Waals surface area (Å²) in [6.07, 6.45) is 0. The van der Waals surface area contributed by atoms with E-state index in [-0.39, 0.29) is 17.4 Å². The van der Waals surface area contributed by atoms with Gasteiger partial charge in [0.1, 0.15) is 5.75 Å². The Kier molecular flexibility index (Phi) is 7.21. The summed E-state index contributed by atoms with van der Waals surface area (Å²) in [5.74, 6) is 0.605. The van der Waals surface area contributed by atoms with Crippen LogP contribution in [0.4, 0.5) is 5.69 Å². The molecule has 1 amide bonds. The van der Waals surface area contributed by atoms with Crippen LogP contribution in [0, 0.1) is 13.8 Å². The Morgan fingerprint density at radius 2 is 1.70 bits per heavy atom. The van der Waals surface area contributed by atoms with Crippen LogP contribution in [0.2, 0.25) is 0 Å². The number of hydrogen-bond donors (Lipinski definition) is 2. The molecule has 0 saturated carbocycles. The third-order valence-corrected chi connectivity index (χ3v) is 6.82. The normalized spacial score (nSPS) is 10.9. The van der Waals surface area contributed by atoms with Crippen molar-refractivity contribution in [1.82, 2.24) is 14.8 Å². The number of hydrogen-bond acceptors (Lipinski definition) is 5. The van der Waals surface area contributed by atoms with Gasteiger partial charge in [0.05, 0.1) is 11.3 Å². The van der Waals surface area contributed by atoms with E-state index >= 15 is 0 Å². The largest absolute Gasteiger partial charge is 0.507 e. The van der Waals surface area contributed by atoms with E-state index in [0.29, 0.717) is 16.5 Å². The Morgan fingerprint density at radius 1 is 1.00 bits per heavy atom. The SMILES string of the molecule is Cc1cc(Br)cc(C)c1NC(=O)CSc1nnc(-c2cc(Br)ccc2O)n1-c1ccccc1. The Balaban J connectivity index is 1.63. The summed E-state index contributed by atoms with van der Waals surface area (Å²) in [5.41, 5.74) is 4.16.